The fourth-order valence-electron chi connectivity index (χ4n) is 0.136. The maximum Gasteiger partial charge on any atom is 0.222 e. The minimum atomic E-state index is -0.475. The van der Waals surface area contributed by atoms with Crippen LogP contribution in [-0.2, 0) is 9.59 Å². The fraction of sp³-hybridized carbons (Fsp3) is 0.500. The molecule has 3 nitrogen and oxygen atoms in total. The molecule has 7 heavy (non-hydrogen) atoms. The molecule has 0 bridgehead atoms. The third-order valence-corrected chi connectivity index (χ3v) is 0.495. The first-order valence-corrected chi connectivity index (χ1v) is 1.88. The van der Waals surface area contributed by atoms with E-state index in [9.17, 15) is 9.59 Å². The van der Waals surface area contributed by atoms with Crippen molar-refractivity contribution in [2.45, 2.75) is 13.0 Å². The summed E-state index contributed by atoms with van der Waals surface area (Å²) in [5.74, 6) is 0. The molecule has 0 saturated carbocycles. The second-order valence-electron chi connectivity index (χ2n) is 1.12. The lowest BCUT2D eigenvalue weighted by atomic mass is 10.4. The van der Waals surface area contributed by atoms with Crippen LogP contribution >= 0.6 is 0 Å². The van der Waals surface area contributed by atoms with Gasteiger partial charge in [0.25, 0.3) is 0 Å². The highest BCUT2D eigenvalue weighted by Gasteiger charge is 1.92. The molecule has 0 aromatic rings. The quantitative estimate of drug-likeness (QED) is 0.473. The van der Waals surface area contributed by atoms with E-state index in [2.05, 4.69) is 5.32 Å². The van der Waals surface area contributed by atoms with Gasteiger partial charge in [0.1, 0.15) is 0 Å². The summed E-state index contributed by atoms with van der Waals surface area (Å²) in [5.41, 5.74) is 0. The van der Waals surface area contributed by atoms with Crippen LogP contribution in [0, 0.1) is 0 Å². The van der Waals surface area contributed by atoms with Gasteiger partial charge in [0.05, 0.1) is 6.04 Å². The molecule has 0 spiro atoms. The lowest BCUT2D eigenvalue weighted by Crippen LogP contribution is -2.24. The lowest BCUT2D eigenvalue weighted by molar-refractivity contribution is -0.109. The maximum absolute atomic E-state index is 9.55. The summed E-state index contributed by atoms with van der Waals surface area (Å²) in [6.45, 7) is 1.54. The zero-order valence-corrected chi connectivity index (χ0v) is 3.97. The van der Waals surface area contributed by atoms with Crippen LogP contribution in [0.2, 0.25) is 0 Å². The van der Waals surface area contributed by atoms with E-state index in [1.54, 1.807) is 13.2 Å². The van der Waals surface area contributed by atoms with Crippen LogP contribution in [0.15, 0.2) is 0 Å². The van der Waals surface area contributed by atoms with Gasteiger partial charge in [-0.1, -0.05) is 0 Å². The van der Waals surface area contributed by atoms with E-state index in [4.69, 9.17) is 0 Å². The summed E-state index contributed by atoms with van der Waals surface area (Å²) in [6, 6.07) is -0.475. The molecule has 0 aliphatic heterocycles. The minimum Gasteiger partial charge on any atom is -0.349 e. The monoisotopic (exact) mass is 100 g/mol. The Morgan fingerprint density at radius 3 is 2.57 bits per heavy atom. The molecular formula is C4H6NO2. The summed E-state index contributed by atoms with van der Waals surface area (Å²) >= 11 is 0. The number of rotatable bonds is 3. The van der Waals surface area contributed by atoms with Crippen molar-refractivity contribution in [2.24, 2.45) is 0 Å². The molecule has 3 heteroatoms. The highest BCUT2D eigenvalue weighted by Crippen LogP contribution is 1.65. The van der Waals surface area contributed by atoms with Crippen molar-refractivity contribution >= 4 is 12.7 Å². The molecule has 39 valence electrons. The van der Waals surface area contributed by atoms with E-state index in [1.165, 1.54) is 0 Å². The first kappa shape index (κ1) is 6.14. The average molecular weight is 100 g/mol. The SMILES string of the molecule is C[C@@H]([C]=O)NC=O. The summed E-state index contributed by atoms with van der Waals surface area (Å²) in [4.78, 5) is 19.0. The predicted molar refractivity (Wildman–Crippen MR) is 24.4 cm³/mol. The molecule has 1 radical (unpaired) electrons. The van der Waals surface area contributed by atoms with Gasteiger partial charge in [-0.15, -0.1) is 0 Å². The largest absolute Gasteiger partial charge is 0.349 e. The number of amides is 1. The second-order valence-corrected chi connectivity index (χ2v) is 1.12. The van der Waals surface area contributed by atoms with E-state index >= 15 is 0 Å². The second kappa shape index (κ2) is 3.33. The molecule has 1 amide bonds. The number of carbonyl (C=O) groups excluding carboxylic acids is 2. The van der Waals surface area contributed by atoms with Gasteiger partial charge in [-0.2, -0.15) is 0 Å². The van der Waals surface area contributed by atoms with Gasteiger partial charge in [-0.25, -0.2) is 0 Å². The van der Waals surface area contributed by atoms with Crippen molar-refractivity contribution in [3.63, 3.8) is 0 Å². The number of hydrogen-bond donors (Lipinski definition) is 1. The van der Waals surface area contributed by atoms with Gasteiger partial charge in [-0.3, -0.25) is 9.59 Å². The van der Waals surface area contributed by atoms with Crippen LogP contribution in [0.5, 0.6) is 0 Å². The molecule has 0 fully saturated rings. The predicted octanol–water partition coefficient (Wildman–Crippen LogP) is -0.769. The first-order valence-electron chi connectivity index (χ1n) is 1.88. The van der Waals surface area contributed by atoms with E-state index in [1.807, 2.05) is 0 Å². The zero-order chi connectivity index (χ0) is 5.70. The van der Waals surface area contributed by atoms with E-state index in [-0.39, 0.29) is 0 Å². The third-order valence-electron chi connectivity index (χ3n) is 0.495. The van der Waals surface area contributed by atoms with Gasteiger partial charge in [0, 0.05) is 0 Å². The molecule has 0 saturated heterocycles. The molecule has 0 heterocycles. The molecular weight excluding hydrogens is 94.0 g/mol. The topological polar surface area (TPSA) is 46.2 Å². The normalized spacial score (nSPS) is 12.1. The fourth-order valence-corrected chi connectivity index (χ4v) is 0.136. The molecule has 1 atom stereocenters. The molecule has 0 aliphatic carbocycles. The minimum absolute atomic E-state index is 0.468. The Labute approximate surface area is 41.7 Å². The van der Waals surface area contributed by atoms with Crippen molar-refractivity contribution in [1.82, 2.24) is 5.32 Å². The van der Waals surface area contributed by atoms with Crippen molar-refractivity contribution in [2.75, 3.05) is 0 Å². The Bertz CT molecular complexity index is 72.1. The summed E-state index contributed by atoms with van der Waals surface area (Å²) in [6.07, 6.45) is 2.04. The van der Waals surface area contributed by atoms with Crippen LogP contribution < -0.4 is 5.32 Å². The van der Waals surface area contributed by atoms with Crippen LogP contribution in [0.3, 0.4) is 0 Å². The van der Waals surface area contributed by atoms with Crippen molar-refractivity contribution in [3.05, 3.63) is 0 Å². The number of carbonyl (C=O) groups is 1. The Kier molecular flexibility index (Phi) is 2.92. The number of nitrogens with one attached hydrogen (secondary N) is 1. The van der Waals surface area contributed by atoms with E-state index in [0.717, 1.165) is 0 Å². The van der Waals surface area contributed by atoms with Gasteiger partial charge >= 0.3 is 0 Å². The Morgan fingerprint density at radius 2 is 2.43 bits per heavy atom. The molecule has 0 aromatic carbocycles. The van der Waals surface area contributed by atoms with E-state index in [0.29, 0.717) is 6.41 Å². The Morgan fingerprint density at radius 1 is 1.86 bits per heavy atom. The van der Waals surface area contributed by atoms with Crippen LogP contribution in [0.25, 0.3) is 0 Å². The zero-order valence-electron chi connectivity index (χ0n) is 3.97. The molecule has 0 aliphatic rings. The van der Waals surface area contributed by atoms with Gasteiger partial charge < -0.3 is 5.32 Å². The van der Waals surface area contributed by atoms with Gasteiger partial charge in [0.15, 0.2) is 0 Å². The van der Waals surface area contributed by atoms with Crippen LogP contribution in [0.4, 0.5) is 0 Å². The Hall–Kier alpha value is -0.860. The van der Waals surface area contributed by atoms with Crippen LogP contribution in [0.1, 0.15) is 6.92 Å². The van der Waals surface area contributed by atoms with Crippen molar-refractivity contribution in [3.8, 4) is 0 Å². The Balaban J connectivity index is 3.15. The first-order chi connectivity index (χ1) is 3.31. The van der Waals surface area contributed by atoms with E-state index < -0.39 is 6.04 Å². The van der Waals surface area contributed by atoms with Crippen LogP contribution in [-0.4, -0.2) is 18.7 Å². The lowest BCUT2D eigenvalue weighted by Gasteiger charge is -1.93. The third kappa shape index (κ3) is 2.96. The molecule has 1 N–H and O–H groups in total. The maximum atomic E-state index is 9.55. The molecule has 0 unspecified atom stereocenters. The van der Waals surface area contributed by atoms with Crippen molar-refractivity contribution in [1.29, 1.82) is 0 Å². The standard InChI is InChI=1S/C4H6NO2/c1-4(2-6)5-3-7/h3-4H,1H3,(H,5,7)/t4-/m0/s1. The summed E-state index contributed by atoms with van der Waals surface area (Å²) in [7, 11) is 0. The summed E-state index contributed by atoms with van der Waals surface area (Å²) in [5, 5.41) is 2.19. The van der Waals surface area contributed by atoms with Gasteiger partial charge in [-0.05, 0) is 6.92 Å². The highest BCUT2D eigenvalue weighted by atomic mass is 16.1. The smallest absolute Gasteiger partial charge is 0.222 e. The number of hydrogen-bond acceptors (Lipinski definition) is 2. The molecule has 0 aromatic heterocycles. The average Bonchev–Trinajstić information content (AvgIpc) is 1.68. The van der Waals surface area contributed by atoms with Crippen molar-refractivity contribution < 1.29 is 9.59 Å². The summed E-state index contributed by atoms with van der Waals surface area (Å²) < 4.78 is 0. The highest BCUT2D eigenvalue weighted by molar-refractivity contribution is 5.63. The van der Waals surface area contributed by atoms with Gasteiger partial charge in [0.2, 0.25) is 12.7 Å². The molecule has 0 rings (SSSR count).